The van der Waals surface area contributed by atoms with Gasteiger partial charge in [0.05, 0.1) is 6.04 Å². The van der Waals surface area contributed by atoms with Gasteiger partial charge in [-0.1, -0.05) is 32.6 Å². The van der Waals surface area contributed by atoms with E-state index in [9.17, 15) is 4.79 Å². The zero-order valence-electron chi connectivity index (χ0n) is 13.4. The lowest BCUT2D eigenvalue weighted by Gasteiger charge is -2.27. The standard InChI is InChI=1S/C17H32N2O/c1-14-8-7-9-16(11-10-14)18-15(2)17(20)19-12-5-3-4-6-13-19/h14-16,18H,3-13H2,1-2H3. The Morgan fingerprint density at radius 2 is 1.70 bits per heavy atom. The normalized spacial score (nSPS) is 30.4. The van der Waals surface area contributed by atoms with E-state index in [1.54, 1.807) is 0 Å². The molecule has 1 heterocycles. The van der Waals surface area contributed by atoms with Crippen molar-refractivity contribution in [1.82, 2.24) is 10.2 Å². The predicted octanol–water partition coefficient (Wildman–Crippen LogP) is 3.34. The van der Waals surface area contributed by atoms with Gasteiger partial charge in [-0.25, -0.2) is 0 Å². The smallest absolute Gasteiger partial charge is 0.239 e. The highest BCUT2D eigenvalue weighted by molar-refractivity contribution is 5.81. The summed E-state index contributed by atoms with van der Waals surface area (Å²) < 4.78 is 0. The first-order valence-corrected chi connectivity index (χ1v) is 8.71. The van der Waals surface area contributed by atoms with Crippen LogP contribution in [0.15, 0.2) is 0 Å². The van der Waals surface area contributed by atoms with Crippen LogP contribution in [0.4, 0.5) is 0 Å². The lowest BCUT2D eigenvalue weighted by molar-refractivity contribution is -0.133. The highest BCUT2D eigenvalue weighted by Crippen LogP contribution is 2.23. The highest BCUT2D eigenvalue weighted by Gasteiger charge is 2.24. The van der Waals surface area contributed by atoms with Crippen LogP contribution in [0.2, 0.25) is 0 Å². The highest BCUT2D eigenvalue weighted by atomic mass is 16.2. The molecule has 2 aliphatic rings. The lowest BCUT2D eigenvalue weighted by atomic mass is 10.0. The number of carbonyl (C=O) groups is 1. The monoisotopic (exact) mass is 280 g/mol. The molecule has 0 aromatic heterocycles. The fourth-order valence-electron chi connectivity index (χ4n) is 3.64. The number of nitrogens with zero attached hydrogens (tertiary/aromatic N) is 1. The summed E-state index contributed by atoms with van der Waals surface area (Å²) in [5.74, 6) is 1.18. The van der Waals surface area contributed by atoms with Crippen LogP contribution in [-0.2, 0) is 4.79 Å². The molecule has 3 nitrogen and oxygen atoms in total. The molecule has 0 bridgehead atoms. The summed E-state index contributed by atoms with van der Waals surface area (Å²) in [6, 6.07) is 0.539. The largest absolute Gasteiger partial charge is 0.341 e. The van der Waals surface area contributed by atoms with E-state index in [0.29, 0.717) is 11.9 Å². The topological polar surface area (TPSA) is 32.3 Å². The number of amides is 1. The molecule has 1 aliphatic carbocycles. The molecular weight excluding hydrogens is 248 g/mol. The number of rotatable bonds is 3. The van der Waals surface area contributed by atoms with Crippen LogP contribution in [0, 0.1) is 5.92 Å². The predicted molar refractivity (Wildman–Crippen MR) is 83.7 cm³/mol. The molecule has 1 saturated heterocycles. The number of carbonyl (C=O) groups excluding carboxylic acids is 1. The number of likely N-dealkylation sites (tertiary alicyclic amines) is 1. The summed E-state index contributed by atoms with van der Waals surface area (Å²) in [5, 5.41) is 3.61. The van der Waals surface area contributed by atoms with E-state index < -0.39 is 0 Å². The van der Waals surface area contributed by atoms with Crippen molar-refractivity contribution in [3.8, 4) is 0 Å². The Bertz CT molecular complexity index is 297. The van der Waals surface area contributed by atoms with Gasteiger partial charge in [0.25, 0.3) is 0 Å². The van der Waals surface area contributed by atoms with E-state index in [4.69, 9.17) is 0 Å². The molecule has 1 aliphatic heterocycles. The van der Waals surface area contributed by atoms with Crippen molar-refractivity contribution in [1.29, 1.82) is 0 Å². The summed E-state index contributed by atoms with van der Waals surface area (Å²) in [4.78, 5) is 14.6. The third-order valence-corrected chi connectivity index (χ3v) is 5.03. The van der Waals surface area contributed by atoms with Gasteiger partial charge in [0.2, 0.25) is 5.91 Å². The molecule has 1 N–H and O–H groups in total. The fourth-order valence-corrected chi connectivity index (χ4v) is 3.64. The van der Waals surface area contributed by atoms with Crippen LogP contribution in [0.3, 0.4) is 0 Å². The van der Waals surface area contributed by atoms with Crippen molar-refractivity contribution in [2.75, 3.05) is 13.1 Å². The summed E-state index contributed by atoms with van der Waals surface area (Å²) in [6.07, 6.45) is 11.4. The van der Waals surface area contributed by atoms with Gasteiger partial charge in [-0.15, -0.1) is 0 Å². The summed E-state index contributed by atoms with van der Waals surface area (Å²) >= 11 is 0. The Balaban J connectivity index is 1.80. The molecule has 2 rings (SSSR count). The first kappa shape index (κ1) is 15.8. The van der Waals surface area contributed by atoms with Crippen LogP contribution < -0.4 is 5.32 Å². The third-order valence-electron chi connectivity index (χ3n) is 5.03. The van der Waals surface area contributed by atoms with E-state index in [1.807, 2.05) is 0 Å². The van der Waals surface area contributed by atoms with Crippen molar-refractivity contribution in [2.24, 2.45) is 5.92 Å². The lowest BCUT2D eigenvalue weighted by Crippen LogP contribution is -2.48. The van der Waals surface area contributed by atoms with Crippen LogP contribution in [0.5, 0.6) is 0 Å². The molecule has 116 valence electrons. The molecule has 3 heteroatoms. The summed E-state index contributed by atoms with van der Waals surface area (Å²) in [5.41, 5.74) is 0. The molecular formula is C17H32N2O. The molecule has 0 spiro atoms. The molecule has 1 amide bonds. The van der Waals surface area contributed by atoms with E-state index in [0.717, 1.165) is 19.0 Å². The van der Waals surface area contributed by atoms with Gasteiger partial charge in [0.1, 0.15) is 0 Å². The Kier molecular flexibility index (Phi) is 6.34. The molecule has 2 fully saturated rings. The number of hydrogen-bond donors (Lipinski definition) is 1. The van der Waals surface area contributed by atoms with E-state index in [-0.39, 0.29) is 6.04 Å². The van der Waals surface area contributed by atoms with Gasteiger partial charge in [-0.3, -0.25) is 4.79 Å². The zero-order chi connectivity index (χ0) is 14.4. The molecule has 1 saturated carbocycles. The van der Waals surface area contributed by atoms with E-state index in [1.165, 1.54) is 57.8 Å². The average molecular weight is 280 g/mol. The Labute approximate surface area is 124 Å². The minimum atomic E-state index is -0.00786. The molecule has 0 aromatic carbocycles. The van der Waals surface area contributed by atoms with Crippen molar-refractivity contribution >= 4 is 5.91 Å². The molecule has 3 unspecified atom stereocenters. The summed E-state index contributed by atoms with van der Waals surface area (Å²) in [7, 11) is 0. The average Bonchev–Trinajstić information content (AvgIpc) is 2.81. The van der Waals surface area contributed by atoms with Crippen LogP contribution >= 0.6 is 0 Å². The quantitative estimate of drug-likeness (QED) is 0.804. The molecule has 20 heavy (non-hydrogen) atoms. The van der Waals surface area contributed by atoms with Gasteiger partial charge in [0.15, 0.2) is 0 Å². The van der Waals surface area contributed by atoms with Crippen LogP contribution in [0.1, 0.15) is 71.6 Å². The zero-order valence-corrected chi connectivity index (χ0v) is 13.4. The van der Waals surface area contributed by atoms with Crippen molar-refractivity contribution < 1.29 is 4.79 Å². The maximum Gasteiger partial charge on any atom is 0.239 e. The van der Waals surface area contributed by atoms with Crippen molar-refractivity contribution in [3.05, 3.63) is 0 Å². The number of hydrogen-bond acceptors (Lipinski definition) is 2. The number of nitrogens with one attached hydrogen (secondary N) is 1. The first-order chi connectivity index (χ1) is 9.66. The maximum absolute atomic E-state index is 12.5. The van der Waals surface area contributed by atoms with Gasteiger partial charge in [0, 0.05) is 19.1 Å². The second kappa shape index (κ2) is 8.02. The Morgan fingerprint density at radius 3 is 2.40 bits per heavy atom. The first-order valence-electron chi connectivity index (χ1n) is 8.71. The second-order valence-corrected chi connectivity index (χ2v) is 6.94. The molecule has 0 aromatic rings. The maximum atomic E-state index is 12.5. The van der Waals surface area contributed by atoms with E-state index >= 15 is 0 Å². The van der Waals surface area contributed by atoms with Crippen molar-refractivity contribution in [3.63, 3.8) is 0 Å². The van der Waals surface area contributed by atoms with Crippen LogP contribution in [0.25, 0.3) is 0 Å². The minimum Gasteiger partial charge on any atom is -0.341 e. The van der Waals surface area contributed by atoms with Gasteiger partial charge >= 0.3 is 0 Å². The van der Waals surface area contributed by atoms with Crippen LogP contribution in [-0.4, -0.2) is 36.0 Å². The van der Waals surface area contributed by atoms with E-state index in [2.05, 4.69) is 24.1 Å². The summed E-state index contributed by atoms with van der Waals surface area (Å²) in [6.45, 7) is 6.34. The molecule has 0 radical (unpaired) electrons. The Hall–Kier alpha value is -0.570. The SMILES string of the molecule is CC1CCCC(NC(C)C(=O)N2CCCCCC2)CC1. The van der Waals surface area contributed by atoms with Gasteiger partial charge in [-0.05, 0) is 44.9 Å². The minimum absolute atomic E-state index is 0.00786. The third kappa shape index (κ3) is 4.76. The van der Waals surface area contributed by atoms with Gasteiger partial charge in [-0.2, -0.15) is 0 Å². The molecule has 3 atom stereocenters. The fraction of sp³-hybridized carbons (Fsp3) is 0.941. The second-order valence-electron chi connectivity index (χ2n) is 6.94. The van der Waals surface area contributed by atoms with Gasteiger partial charge < -0.3 is 10.2 Å². The Morgan fingerprint density at radius 1 is 1.00 bits per heavy atom. The van der Waals surface area contributed by atoms with Crippen molar-refractivity contribution in [2.45, 2.75) is 83.7 Å².